The van der Waals surface area contributed by atoms with Gasteiger partial charge in [-0.2, -0.15) is 10.2 Å². The summed E-state index contributed by atoms with van der Waals surface area (Å²) < 4.78 is 5.34. The maximum Gasteiger partial charge on any atom is 0.130 e. The number of nitrogens with zero attached hydrogens (tertiary/aromatic N) is 5. The van der Waals surface area contributed by atoms with Crippen LogP contribution in [0.5, 0.6) is 5.75 Å². The molecule has 0 saturated carbocycles. The van der Waals surface area contributed by atoms with E-state index < -0.39 is 0 Å². The molecule has 4 aromatic rings. The molecule has 1 radical (unpaired) electrons. The third-order valence-corrected chi connectivity index (χ3v) is 5.25. The zero-order valence-electron chi connectivity index (χ0n) is 15.9. The largest absolute Gasteiger partial charge is 0.497 e. The lowest BCUT2D eigenvalue weighted by Crippen LogP contribution is -2.25. The second-order valence-electron chi connectivity index (χ2n) is 7.09. The summed E-state index contributed by atoms with van der Waals surface area (Å²) in [5.74, 6) is 1.80. The summed E-state index contributed by atoms with van der Waals surface area (Å²) in [7, 11) is 1.68. The van der Waals surface area contributed by atoms with E-state index in [1.807, 2.05) is 24.3 Å². The molecule has 0 amide bonds. The summed E-state index contributed by atoms with van der Waals surface area (Å²) in [6.45, 7) is 3.04. The van der Waals surface area contributed by atoms with Gasteiger partial charge >= 0.3 is 0 Å². The molecular formula is C21H21N6O. The van der Waals surface area contributed by atoms with Gasteiger partial charge in [0.2, 0.25) is 0 Å². The van der Waals surface area contributed by atoms with Crippen LogP contribution in [0.4, 0.5) is 5.69 Å². The molecule has 3 heterocycles. The van der Waals surface area contributed by atoms with Gasteiger partial charge in [0.1, 0.15) is 17.3 Å². The van der Waals surface area contributed by atoms with Gasteiger partial charge in [-0.3, -0.25) is 0 Å². The molecule has 1 fully saturated rings. The molecular weight excluding hydrogens is 352 g/mol. The van der Waals surface area contributed by atoms with Crippen LogP contribution in [0.2, 0.25) is 0 Å². The summed E-state index contributed by atoms with van der Waals surface area (Å²) in [5, 5.41) is 8.62. The highest BCUT2D eigenvalue weighted by Crippen LogP contribution is 2.38. The van der Waals surface area contributed by atoms with E-state index in [2.05, 4.69) is 39.1 Å². The third kappa shape index (κ3) is 2.79. The first kappa shape index (κ1) is 16.8. The van der Waals surface area contributed by atoms with Gasteiger partial charge < -0.3 is 14.6 Å². The van der Waals surface area contributed by atoms with Crippen LogP contribution in [0.25, 0.3) is 16.7 Å². The lowest BCUT2D eigenvalue weighted by atomic mass is 10.1. The fraction of sp³-hybridized carbons (Fsp3) is 0.286. The fourth-order valence-corrected chi connectivity index (χ4v) is 3.92. The molecule has 7 nitrogen and oxygen atoms in total. The van der Waals surface area contributed by atoms with E-state index in [4.69, 9.17) is 9.72 Å². The number of aromatic nitrogens is 5. The van der Waals surface area contributed by atoms with Crippen molar-refractivity contribution < 1.29 is 4.74 Å². The predicted octanol–water partition coefficient (Wildman–Crippen LogP) is 3.60. The Labute approximate surface area is 163 Å². The van der Waals surface area contributed by atoms with Crippen molar-refractivity contribution in [3.8, 4) is 11.4 Å². The van der Waals surface area contributed by atoms with Crippen molar-refractivity contribution in [2.75, 3.05) is 18.6 Å². The van der Waals surface area contributed by atoms with Crippen LogP contribution >= 0.6 is 0 Å². The lowest BCUT2D eigenvalue weighted by molar-refractivity contribution is 0.415. The molecule has 7 heteroatoms. The first-order valence-corrected chi connectivity index (χ1v) is 9.42. The van der Waals surface area contributed by atoms with Crippen molar-refractivity contribution in [3.63, 3.8) is 0 Å². The molecule has 5 rings (SSSR count). The number of H-pyrrole nitrogens is 1. The number of fused-ring (bicyclic) bond motifs is 1. The van der Waals surface area contributed by atoms with Gasteiger partial charge in [-0.05, 0) is 49.6 Å². The van der Waals surface area contributed by atoms with Crippen molar-refractivity contribution in [2.24, 2.45) is 0 Å². The standard InChI is InChI=1S/C21H21N6O/c1-14-5-8-18(27-22-9-10-23-27)20(12-14)26-11-3-4-19(26)21-24-16-7-6-15(28-2)13-17(16)25-21/h5-7,9-10,12-13,19H,3-4,11H2,1-2H3,(H,24,25)/t19-/m0/s1. The van der Waals surface area contributed by atoms with Gasteiger partial charge in [-0.1, -0.05) is 0 Å². The monoisotopic (exact) mass is 373 g/mol. The number of hydrogen-bond acceptors (Lipinski definition) is 5. The highest BCUT2D eigenvalue weighted by atomic mass is 16.5. The van der Waals surface area contributed by atoms with Crippen molar-refractivity contribution >= 4 is 16.7 Å². The molecule has 1 aliphatic heterocycles. The smallest absolute Gasteiger partial charge is 0.130 e. The Kier molecular flexibility index (Phi) is 4.00. The normalized spacial score (nSPS) is 16.8. The lowest BCUT2D eigenvalue weighted by Gasteiger charge is -2.27. The summed E-state index contributed by atoms with van der Waals surface area (Å²) in [6.07, 6.45) is 5.51. The van der Waals surface area contributed by atoms with Crippen molar-refractivity contribution in [2.45, 2.75) is 25.8 Å². The third-order valence-electron chi connectivity index (χ3n) is 5.25. The van der Waals surface area contributed by atoms with Crippen LogP contribution in [-0.2, 0) is 0 Å². The van der Waals surface area contributed by atoms with E-state index in [1.165, 1.54) is 0 Å². The molecule has 0 bridgehead atoms. The highest BCUT2D eigenvalue weighted by molar-refractivity contribution is 5.77. The molecule has 0 aliphatic carbocycles. The number of anilines is 1. The Bertz CT molecular complexity index is 1120. The molecule has 28 heavy (non-hydrogen) atoms. The van der Waals surface area contributed by atoms with Gasteiger partial charge in [0.25, 0.3) is 0 Å². The van der Waals surface area contributed by atoms with Crippen LogP contribution in [-0.4, -0.2) is 38.6 Å². The fourth-order valence-electron chi connectivity index (χ4n) is 3.92. The maximum absolute atomic E-state index is 5.34. The maximum atomic E-state index is 5.34. The zero-order chi connectivity index (χ0) is 19.1. The average molecular weight is 373 g/mol. The van der Waals surface area contributed by atoms with Crippen molar-refractivity contribution in [1.29, 1.82) is 0 Å². The second kappa shape index (κ2) is 6.67. The Balaban J connectivity index is 1.57. The Hall–Kier alpha value is -3.35. The number of benzene rings is 2. The Morgan fingerprint density at radius 3 is 2.89 bits per heavy atom. The van der Waals surface area contributed by atoms with Crippen LogP contribution in [0.3, 0.4) is 0 Å². The minimum Gasteiger partial charge on any atom is -0.497 e. The molecule has 2 aromatic carbocycles. The number of nitrogens with one attached hydrogen (secondary N) is 1. The molecule has 0 spiro atoms. The van der Waals surface area contributed by atoms with Gasteiger partial charge in [-0.15, -0.1) is 4.80 Å². The number of rotatable bonds is 4. The minimum atomic E-state index is 0.169. The van der Waals surface area contributed by atoms with Crippen LogP contribution in [0, 0.1) is 13.0 Å². The van der Waals surface area contributed by atoms with E-state index in [0.717, 1.165) is 58.9 Å². The van der Waals surface area contributed by atoms with Crippen molar-refractivity contribution in [1.82, 2.24) is 25.0 Å². The molecule has 141 valence electrons. The SMILES string of the molecule is COc1ccc2nc([C@@H]3CCCN3c3cc(C)c[c]c3-n3nccn3)[nH]c2c1. The number of aryl methyl sites for hydroxylation is 1. The summed E-state index contributed by atoms with van der Waals surface area (Å²) in [5.41, 5.74) is 5.04. The van der Waals surface area contributed by atoms with Gasteiger partial charge in [0, 0.05) is 18.7 Å². The van der Waals surface area contributed by atoms with Gasteiger partial charge in [0.05, 0.1) is 42.3 Å². The Morgan fingerprint density at radius 2 is 2.07 bits per heavy atom. The Morgan fingerprint density at radius 1 is 1.21 bits per heavy atom. The summed E-state index contributed by atoms with van der Waals surface area (Å²) in [6, 6.07) is 13.6. The first-order chi connectivity index (χ1) is 13.7. The topological polar surface area (TPSA) is 71.9 Å². The number of aromatic amines is 1. The molecule has 1 atom stereocenters. The molecule has 2 aromatic heterocycles. The van der Waals surface area contributed by atoms with E-state index in [1.54, 1.807) is 24.3 Å². The van der Waals surface area contributed by atoms with Crippen molar-refractivity contribution in [3.05, 3.63) is 60.2 Å². The number of imidazole rings is 1. The quantitative estimate of drug-likeness (QED) is 0.592. The zero-order valence-corrected chi connectivity index (χ0v) is 15.9. The van der Waals surface area contributed by atoms with E-state index in [-0.39, 0.29) is 6.04 Å². The first-order valence-electron chi connectivity index (χ1n) is 9.42. The molecule has 1 aliphatic rings. The van der Waals surface area contributed by atoms with Crippen LogP contribution in [0.15, 0.2) is 42.7 Å². The van der Waals surface area contributed by atoms with E-state index in [9.17, 15) is 0 Å². The predicted molar refractivity (Wildman–Crippen MR) is 107 cm³/mol. The number of hydrogen-bond donors (Lipinski definition) is 1. The summed E-state index contributed by atoms with van der Waals surface area (Å²) in [4.78, 5) is 12.4. The number of methoxy groups -OCH3 is 1. The highest BCUT2D eigenvalue weighted by Gasteiger charge is 2.31. The minimum absolute atomic E-state index is 0.169. The summed E-state index contributed by atoms with van der Waals surface area (Å²) >= 11 is 0. The van der Waals surface area contributed by atoms with Gasteiger partial charge in [0.15, 0.2) is 0 Å². The number of ether oxygens (including phenoxy) is 1. The van der Waals surface area contributed by atoms with Gasteiger partial charge in [-0.25, -0.2) is 4.98 Å². The molecule has 1 N–H and O–H groups in total. The second-order valence-corrected chi connectivity index (χ2v) is 7.09. The van der Waals surface area contributed by atoms with E-state index in [0.29, 0.717) is 0 Å². The van der Waals surface area contributed by atoms with Crippen LogP contribution < -0.4 is 9.64 Å². The molecule has 0 unspecified atom stereocenters. The molecule has 1 saturated heterocycles. The van der Waals surface area contributed by atoms with Crippen LogP contribution in [0.1, 0.15) is 30.3 Å². The van der Waals surface area contributed by atoms with E-state index >= 15 is 0 Å². The average Bonchev–Trinajstić information content (AvgIpc) is 3.46.